The molecule has 0 aliphatic carbocycles. The van der Waals surface area contributed by atoms with E-state index in [2.05, 4.69) is 35.8 Å². The lowest BCUT2D eigenvalue weighted by Crippen LogP contribution is -2.46. The van der Waals surface area contributed by atoms with Crippen molar-refractivity contribution in [3.63, 3.8) is 0 Å². The molecule has 19 heavy (non-hydrogen) atoms. The van der Waals surface area contributed by atoms with E-state index < -0.39 is 0 Å². The average Bonchev–Trinajstić information content (AvgIpc) is 2.44. The van der Waals surface area contributed by atoms with E-state index in [1.54, 1.807) is 0 Å². The minimum Gasteiger partial charge on any atom is -0.357 e. The quantitative estimate of drug-likeness (QED) is 0.637. The van der Waals surface area contributed by atoms with Crippen molar-refractivity contribution in [3.8, 4) is 0 Å². The fraction of sp³-hybridized carbons (Fsp3) is 0.933. The number of hydrogen-bond acceptors (Lipinski definition) is 2. The van der Waals surface area contributed by atoms with Crippen LogP contribution in [0.5, 0.6) is 0 Å². The lowest BCUT2D eigenvalue weighted by atomic mass is 10.0. The van der Waals surface area contributed by atoms with E-state index in [1.807, 2.05) is 0 Å². The second-order valence-corrected chi connectivity index (χ2v) is 7.17. The minimum atomic E-state index is 0.809. The fourth-order valence-corrected chi connectivity index (χ4v) is 4.16. The predicted molar refractivity (Wildman–Crippen MR) is 86.0 cm³/mol. The average molecular weight is 283 g/mol. The van der Waals surface area contributed by atoms with Crippen LogP contribution in [0.1, 0.15) is 39.5 Å². The number of aliphatic imine (C=N–C) groups is 1. The van der Waals surface area contributed by atoms with Crippen LogP contribution in [-0.4, -0.2) is 48.5 Å². The van der Waals surface area contributed by atoms with Gasteiger partial charge in [0.25, 0.3) is 0 Å². The Hall–Kier alpha value is -0.380. The van der Waals surface area contributed by atoms with Crippen LogP contribution < -0.4 is 5.32 Å². The zero-order chi connectivity index (χ0) is 13.5. The van der Waals surface area contributed by atoms with Crippen molar-refractivity contribution in [2.45, 2.75) is 39.5 Å². The zero-order valence-electron chi connectivity index (χ0n) is 12.5. The molecule has 0 aromatic heterocycles. The van der Waals surface area contributed by atoms with Crippen LogP contribution in [0.4, 0.5) is 0 Å². The molecule has 0 aromatic rings. The predicted octanol–water partition coefficient (Wildman–Crippen LogP) is 2.83. The van der Waals surface area contributed by atoms with E-state index in [0.29, 0.717) is 0 Å². The van der Waals surface area contributed by atoms with Gasteiger partial charge in [0.05, 0.1) is 0 Å². The summed E-state index contributed by atoms with van der Waals surface area (Å²) in [6, 6.07) is 0. The highest BCUT2D eigenvalue weighted by molar-refractivity contribution is 7.99. The normalized spacial score (nSPS) is 26.5. The monoisotopic (exact) mass is 283 g/mol. The zero-order valence-corrected chi connectivity index (χ0v) is 13.3. The number of nitrogens with zero attached hydrogens (tertiary/aromatic N) is 2. The summed E-state index contributed by atoms with van der Waals surface area (Å²) in [6.07, 6.45) is 5.38. The highest BCUT2D eigenvalue weighted by Gasteiger charge is 2.20. The molecule has 110 valence electrons. The van der Waals surface area contributed by atoms with E-state index in [1.165, 1.54) is 50.3 Å². The molecule has 1 unspecified atom stereocenters. The molecule has 2 rings (SSSR count). The van der Waals surface area contributed by atoms with Gasteiger partial charge in [0.2, 0.25) is 0 Å². The first-order valence-corrected chi connectivity index (χ1v) is 9.06. The van der Waals surface area contributed by atoms with Crippen molar-refractivity contribution in [1.29, 1.82) is 0 Å². The highest BCUT2D eigenvalue weighted by atomic mass is 32.2. The Morgan fingerprint density at radius 2 is 2.11 bits per heavy atom. The van der Waals surface area contributed by atoms with E-state index in [-0.39, 0.29) is 0 Å². The van der Waals surface area contributed by atoms with E-state index in [9.17, 15) is 0 Å². The van der Waals surface area contributed by atoms with Crippen LogP contribution in [0, 0.1) is 11.8 Å². The summed E-state index contributed by atoms with van der Waals surface area (Å²) in [5.41, 5.74) is 0. The molecule has 2 aliphatic rings. The highest BCUT2D eigenvalue weighted by Crippen LogP contribution is 2.23. The molecule has 2 fully saturated rings. The van der Waals surface area contributed by atoms with Gasteiger partial charge in [-0.2, -0.15) is 11.8 Å². The molecule has 2 saturated heterocycles. The molecule has 0 amide bonds. The first kappa shape index (κ1) is 15.0. The summed E-state index contributed by atoms with van der Waals surface area (Å²) in [5.74, 6) is 5.45. The van der Waals surface area contributed by atoms with Gasteiger partial charge in [0, 0.05) is 26.2 Å². The number of thioether (sulfide) groups is 1. The van der Waals surface area contributed by atoms with Crippen LogP contribution in [0.2, 0.25) is 0 Å². The molecule has 2 heterocycles. The number of nitrogens with one attached hydrogen (secondary N) is 1. The van der Waals surface area contributed by atoms with Gasteiger partial charge in [0.15, 0.2) is 5.96 Å². The van der Waals surface area contributed by atoms with Crippen LogP contribution in [-0.2, 0) is 0 Å². The maximum atomic E-state index is 4.92. The van der Waals surface area contributed by atoms with Crippen LogP contribution >= 0.6 is 11.8 Å². The van der Waals surface area contributed by atoms with Crippen molar-refractivity contribution >= 4 is 17.7 Å². The van der Waals surface area contributed by atoms with E-state index in [4.69, 9.17) is 4.99 Å². The van der Waals surface area contributed by atoms with Gasteiger partial charge < -0.3 is 10.2 Å². The maximum Gasteiger partial charge on any atom is 0.193 e. The number of guanidine groups is 1. The largest absolute Gasteiger partial charge is 0.357 e. The molecule has 0 aromatic carbocycles. The van der Waals surface area contributed by atoms with Gasteiger partial charge in [-0.3, -0.25) is 4.99 Å². The van der Waals surface area contributed by atoms with Gasteiger partial charge in [-0.15, -0.1) is 0 Å². The van der Waals surface area contributed by atoms with Crippen molar-refractivity contribution in [2.24, 2.45) is 16.8 Å². The van der Waals surface area contributed by atoms with Gasteiger partial charge in [-0.1, -0.05) is 6.92 Å². The molecule has 4 heteroatoms. The third-order valence-electron chi connectivity index (χ3n) is 4.13. The summed E-state index contributed by atoms with van der Waals surface area (Å²) in [5, 5.41) is 3.48. The molecule has 0 radical (unpaired) electrons. The molecule has 0 saturated carbocycles. The van der Waals surface area contributed by atoms with Crippen molar-refractivity contribution in [1.82, 2.24) is 10.2 Å². The Morgan fingerprint density at radius 1 is 1.32 bits per heavy atom. The van der Waals surface area contributed by atoms with Crippen molar-refractivity contribution < 1.29 is 0 Å². The number of hydrogen-bond donors (Lipinski definition) is 1. The van der Waals surface area contributed by atoms with Crippen LogP contribution in [0.3, 0.4) is 0 Å². The first-order valence-electron chi connectivity index (χ1n) is 7.90. The fourth-order valence-electron chi connectivity index (χ4n) is 2.95. The third kappa shape index (κ3) is 4.90. The summed E-state index contributed by atoms with van der Waals surface area (Å²) in [7, 11) is 0. The Labute approximate surface area is 122 Å². The second-order valence-electron chi connectivity index (χ2n) is 5.94. The van der Waals surface area contributed by atoms with Crippen LogP contribution in [0.25, 0.3) is 0 Å². The Kier molecular flexibility index (Phi) is 6.35. The van der Waals surface area contributed by atoms with Gasteiger partial charge >= 0.3 is 0 Å². The summed E-state index contributed by atoms with van der Waals surface area (Å²) >= 11 is 2.10. The summed E-state index contributed by atoms with van der Waals surface area (Å²) in [4.78, 5) is 7.38. The SMILES string of the molecule is CCNC(=NCC1CCSCC1)N1CCCC(C)C1. The molecule has 1 N–H and O–H groups in total. The molecule has 0 bridgehead atoms. The molecular formula is C15H29N3S. The number of piperidine rings is 1. The van der Waals surface area contributed by atoms with Crippen molar-refractivity contribution in [2.75, 3.05) is 37.7 Å². The second kappa shape index (κ2) is 8.03. The topological polar surface area (TPSA) is 27.6 Å². The molecular weight excluding hydrogens is 254 g/mol. The van der Waals surface area contributed by atoms with Gasteiger partial charge in [0.1, 0.15) is 0 Å². The Balaban J connectivity index is 1.89. The van der Waals surface area contributed by atoms with Crippen LogP contribution in [0.15, 0.2) is 4.99 Å². The molecule has 3 nitrogen and oxygen atoms in total. The molecule has 2 aliphatic heterocycles. The number of rotatable bonds is 3. The smallest absolute Gasteiger partial charge is 0.193 e. The van der Waals surface area contributed by atoms with E-state index >= 15 is 0 Å². The van der Waals surface area contributed by atoms with Crippen molar-refractivity contribution in [3.05, 3.63) is 0 Å². The summed E-state index contributed by atoms with van der Waals surface area (Å²) in [6.45, 7) is 8.87. The van der Waals surface area contributed by atoms with E-state index in [0.717, 1.165) is 30.9 Å². The van der Waals surface area contributed by atoms with Gasteiger partial charge in [-0.05, 0) is 55.9 Å². The lowest BCUT2D eigenvalue weighted by molar-refractivity contribution is 0.265. The summed E-state index contributed by atoms with van der Waals surface area (Å²) < 4.78 is 0. The lowest BCUT2D eigenvalue weighted by Gasteiger charge is -2.34. The molecule has 0 spiro atoms. The number of likely N-dealkylation sites (tertiary alicyclic amines) is 1. The maximum absolute atomic E-state index is 4.92. The van der Waals surface area contributed by atoms with Gasteiger partial charge in [-0.25, -0.2) is 0 Å². The minimum absolute atomic E-state index is 0.809. The standard InChI is InChI=1S/C15H29N3S/c1-3-16-15(18-8-4-5-13(2)12-18)17-11-14-6-9-19-10-7-14/h13-14H,3-12H2,1-2H3,(H,16,17). The Morgan fingerprint density at radius 3 is 2.79 bits per heavy atom. The molecule has 1 atom stereocenters. The third-order valence-corrected chi connectivity index (χ3v) is 5.18. The first-order chi connectivity index (χ1) is 9.29. The Bertz CT molecular complexity index is 287.